The molecule has 0 bridgehead atoms. The number of hydrogen-bond donors (Lipinski definition) is 1. The largest absolute Gasteiger partial charge is 0.395 e. The van der Waals surface area contributed by atoms with E-state index in [9.17, 15) is 4.79 Å². The summed E-state index contributed by atoms with van der Waals surface area (Å²) in [4.78, 5) is 14.8. The van der Waals surface area contributed by atoms with Crippen LogP contribution in [0.3, 0.4) is 0 Å². The number of amides is 1. The smallest absolute Gasteiger partial charge is 0.274 e. The number of nitrogen functional groups attached to an aromatic ring is 1. The van der Waals surface area contributed by atoms with E-state index in [-0.39, 0.29) is 5.91 Å². The number of nitrogens with zero attached hydrogens (tertiary/aromatic N) is 3. The Labute approximate surface area is 127 Å². The first-order valence-corrected chi connectivity index (χ1v) is 8.20. The molecule has 1 amide bonds. The third kappa shape index (κ3) is 3.39. The van der Waals surface area contributed by atoms with Gasteiger partial charge in [-0.1, -0.05) is 19.8 Å². The number of rotatable bonds is 4. The minimum atomic E-state index is 0.0482. The van der Waals surface area contributed by atoms with Gasteiger partial charge in [0.05, 0.1) is 11.4 Å². The second kappa shape index (κ2) is 6.96. The van der Waals surface area contributed by atoms with E-state index in [2.05, 4.69) is 12.0 Å². The van der Waals surface area contributed by atoms with Gasteiger partial charge in [-0.25, -0.2) is 0 Å². The number of carbonyl (C=O) groups excluding carboxylic acids is 1. The first kappa shape index (κ1) is 15.9. The average Bonchev–Trinajstić information content (AvgIpc) is 2.66. The molecule has 1 fully saturated rings. The van der Waals surface area contributed by atoms with Crippen molar-refractivity contribution in [2.24, 2.45) is 5.92 Å². The van der Waals surface area contributed by atoms with Crippen molar-refractivity contribution in [3.05, 3.63) is 11.4 Å². The highest BCUT2D eigenvalue weighted by Crippen LogP contribution is 2.24. The molecule has 1 aliphatic heterocycles. The molecule has 0 aromatic carbocycles. The van der Waals surface area contributed by atoms with E-state index in [1.54, 1.807) is 4.68 Å². The van der Waals surface area contributed by atoms with E-state index >= 15 is 0 Å². The average molecular weight is 292 g/mol. The van der Waals surface area contributed by atoms with E-state index in [0.29, 0.717) is 17.9 Å². The molecule has 0 spiro atoms. The van der Waals surface area contributed by atoms with E-state index in [1.165, 1.54) is 19.3 Å². The Morgan fingerprint density at radius 1 is 1.33 bits per heavy atom. The number of aryl methyl sites for hydroxylation is 2. The number of likely N-dealkylation sites (tertiary alicyclic amines) is 1. The van der Waals surface area contributed by atoms with Crippen LogP contribution in [0.5, 0.6) is 0 Å². The van der Waals surface area contributed by atoms with Gasteiger partial charge in [-0.15, -0.1) is 0 Å². The number of hydrogen-bond acceptors (Lipinski definition) is 3. The summed E-state index contributed by atoms with van der Waals surface area (Å²) in [6.07, 6.45) is 5.94. The third-order valence-corrected chi connectivity index (χ3v) is 4.51. The molecule has 2 N–H and O–H groups in total. The Balaban J connectivity index is 2.13. The van der Waals surface area contributed by atoms with Crippen LogP contribution in [0.25, 0.3) is 0 Å². The first-order chi connectivity index (χ1) is 10.1. The van der Waals surface area contributed by atoms with Crippen molar-refractivity contribution in [3.63, 3.8) is 0 Å². The van der Waals surface area contributed by atoms with E-state index < -0.39 is 0 Å². The van der Waals surface area contributed by atoms with E-state index in [4.69, 9.17) is 5.73 Å². The fraction of sp³-hybridized carbons (Fsp3) is 0.750. The maximum absolute atomic E-state index is 12.8. The first-order valence-electron chi connectivity index (χ1n) is 8.20. The van der Waals surface area contributed by atoms with Gasteiger partial charge in [-0.2, -0.15) is 5.10 Å². The predicted octanol–water partition coefficient (Wildman–Crippen LogP) is 2.84. The zero-order chi connectivity index (χ0) is 15.4. The monoisotopic (exact) mass is 292 g/mol. The molecular formula is C16H28N4O. The number of nitrogens with two attached hydrogens (primary N) is 1. The SMILES string of the molecule is CCCC1CCCN(C(=O)c2c(N)c(C)nn2CC)CC1. The van der Waals surface area contributed by atoms with Crippen LogP contribution in [-0.4, -0.2) is 33.7 Å². The van der Waals surface area contributed by atoms with Crippen LogP contribution in [0.1, 0.15) is 62.1 Å². The van der Waals surface area contributed by atoms with Crippen LogP contribution in [0.15, 0.2) is 0 Å². The van der Waals surface area contributed by atoms with Crippen molar-refractivity contribution in [3.8, 4) is 0 Å². The van der Waals surface area contributed by atoms with Crippen LogP contribution in [0.2, 0.25) is 0 Å². The van der Waals surface area contributed by atoms with Crippen molar-refractivity contribution in [1.29, 1.82) is 0 Å². The molecule has 5 nitrogen and oxygen atoms in total. The lowest BCUT2D eigenvalue weighted by molar-refractivity contribution is 0.0748. The topological polar surface area (TPSA) is 64.2 Å². The van der Waals surface area contributed by atoms with E-state index in [1.807, 2.05) is 18.7 Å². The zero-order valence-electron chi connectivity index (χ0n) is 13.6. The summed E-state index contributed by atoms with van der Waals surface area (Å²) in [5.74, 6) is 0.815. The molecule has 21 heavy (non-hydrogen) atoms. The molecule has 118 valence electrons. The second-order valence-electron chi connectivity index (χ2n) is 6.04. The lowest BCUT2D eigenvalue weighted by Gasteiger charge is -2.21. The highest BCUT2D eigenvalue weighted by molar-refractivity contribution is 5.98. The van der Waals surface area contributed by atoms with Crippen LogP contribution in [-0.2, 0) is 6.54 Å². The van der Waals surface area contributed by atoms with Gasteiger partial charge in [0.1, 0.15) is 5.69 Å². The number of aromatic nitrogens is 2. The lowest BCUT2D eigenvalue weighted by Crippen LogP contribution is -2.34. The van der Waals surface area contributed by atoms with Gasteiger partial charge in [0.15, 0.2) is 0 Å². The highest BCUT2D eigenvalue weighted by Gasteiger charge is 2.26. The molecule has 0 aliphatic carbocycles. The van der Waals surface area contributed by atoms with Crippen molar-refractivity contribution in [1.82, 2.24) is 14.7 Å². The maximum Gasteiger partial charge on any atom is 0.274 e. The summed E-state index contributed by atoms with van der Waals surface area (Å²) >= 11 is 0. The van der Waals surface area contributed by atoms with Crippen molar-refractivity contribution in [2.75, 3.05) is 18.8 Å². The van der Waals surface area contributed by atoms with Crippen molar-refractivity contribution >= 4 is 11.6 Å². The molecule has 1 aromatic heterocycles. The molecular weight excluding hydrogens is 264 g/mol. The van der Waals surface area contributed by atoms with Crippen molar-refractivity contribution in [2.45, 2.75) is 59.4 Å². The van der Waals surface area contributed by atoms with Crippen LogP contribution >= 0.6 is 0 Å². The third-order valence-electron chi connectivity index (χ3n) is 4.51. The van der Waals surface area contributed by atoms with Gasteiger partial charge in [-0.3, -0.25) is 9.48 Å². The summed E-state index contributed by atoms with van der Waals surface area (Å²) < 4.78 is 1.74. The van der Waals surface area contributed by atoms with E-state index in [0.717, 1.165) is 37.5 Å². The van der Waals surface area contributed by atoms with Crippen LogP contribution < -0.4 is 5.73 Å². The van der Waals surface area contributed by atoms with Crippen molar-refractivity contribution < 1.29 is 4.79 Å². The van der Waals surface area contributed by atoms with Gasteiger partial charge in [0.2, 0.25) is 0 Å². The summed E-state index contributed by atoms with van der Waals surface area (Å²) in [5.41, 5.74) is 7.93. The molecule has 1 saturated heterocycles. The molecule has 0 saturated carbocycles. The Morgan fingerprint density at radius 3 is 2.76 bits per heavy atom. The molecule has 2 rings (SSSR count). The van der Waals surface area contributed by atoms with Crippen LogP contribution in [0.4, 0.5) is 5.69 Å². The number of anilines is 1. The molecule has 1 unspecified atom stereocenters. The van der Waals surface area contributed by atoms with Gasteiger partial charge in [0.25, 0.3) is 5.91 Å². The number of carbonyl (C=O) groups is 1. The Bertz CT molecular complexity index is 495. The normalized spacial score (nSPS) is 19.6. The summed E-state index contributed by atoms with van der Waals surface area (Å²) in [6.45, 7) is 8.44. The lowest BCUT2D eigenvalue weighted by atomic mass is 9.96. The predicted molar refractivity (Wildman–Crippen MR) is 85.2 cm³/mol. The Morgan fingerprint density at radius 2 is 2.10 bits per heavy atom. The zero-order valence-corrected chi connectivity index (χ0v) is 13.6. The van der Waals surface area contributed by atoms with Gasteiger partial charge >= 0.3 is 0 Å². The molecule has 1 aliphatic rings. The molecule has 5 heteroatoms. The second-order valence-corrected chi connectivity index (χ2v) is 6.04. The van der Waals surface area contributed by atoms with Crippen LogP contribution in [0, 0.1) is 12.8 Å². The summed E-state index contributed by atoms with van der Waals surface area (Å²) in [5, 5.41) is 4.36. The Hall–Kier alpha value is -1.52. The van der Waals surface area contributed by atoms with Gasteiger partial charge in [0, 0.05) is 19.6 Å². The minimum Gasteiger partial charge on any atom is -0.395 e. The molecule has 0 radical (unpaired) electrons. The summed E-state index contributed by atoms with van der Waals surface area (Å²) in [6, 6.07) is 0. The fourth-order valence-electron chi connectivity index (χ4n) is 3.26. The molecule has 1 atom stereocenters. The van der Waals surface area contributed by atoms with Gasteiger partial charge < -0.3 is 10.6 Å². The standard InChI is InChI=1S/C16H28N4O/c1-4-7-13-8-6-10-19(11-9-13)16(21)15-14(17)12(3)18-20(15)5-2/h13H,4-11,17H2,1-3H3. The Kier molecular flexibility index (Phi) is 5.26. The molecule has 1 aromatic rings. The van der Waals surface area contributed by atoms with Gasteiger partial charge in [-0.05, 0) is 39.0 Å². The fourth-order valence-corrected chi connectivity index (χ4v) is 3.26. The summed E-state index contributed by atoms with van der Waals surface area (Å²) in [7, 11) is 0. The molecule has 2 heterocycles. The minimum absolute atomic E-state index is 0.0482. The highest BCUT2D eigenvalue weighted by atomic mass is 16.2. The quantitative estimate of drug-likeness (QED) is 0.928. The maximum atomic E-state index is 12.8.